The smallest absolute Gasteiger partial charge is 0.294 e. The molecular formula is C18H16N2O5S. The van der Waals surface area contributed by atoms with Crippen LogP contribution < -0.4 is 9.47 Å². The monoisotopic (exact) mass is 372 g/mol. The lowest BCUT2D eigenvalue weighted by atomic mass is 10.0. The predicted molar refractivity (Wildman–Crippen MR) is 94.1 cm³/mol. The third-order valence-electron chi connectivity index (χ3n) is 4.21. The molecule has 134 valence electrons. The average molecular weight is 372 g/mol. The molecule has 0 saturated carbocycles. The fourth-order valence-electron chi connectivity index (χ4n) is 3.07. The molecule has 0 radical (unpaired) electrons. The van der Waals surface area contributed by atoms with Gasteiger partial charge in [-0.15, -0.1) is 0 Å². The van der Waals surface area contributed by atoms with Crippen molar-refractivity contribution in [1.29, 1.82) is 0 Å². The van der Waals surface area contributed by atoms with Crippen molar-refractivity contribution in [1.82, 2.24) is 9.97 Å². The highest BCUT2D eigenvalue weighted by Crippen LogP contribution is 2.37. The van der Waals surface area contributed by atoms with Crippen LogP contribution in [0.4, 0.5) is 0 Å². The molecular weight excluding hydrogens is 356 g/mol. The second-order valence-corrected chi connectivity index (χ2v) is 7.55. The molecule has 2 aromatic carbocycles. The van der Waals surface area contributed by atoms with E-state index in [2.05, 4.69) is 9.97 Å². The topological polar surface area (TPSA) is 98.6 Å². The molecule has 1 aliphatic rings. The zero-order valence-electron chi connectivity index (χ0n) is 13.9. The van der Waals surface area contributed by atoms with E-state index in [9.17, 15) is 13.0 Å². The van der Waals surface area contributed by atoms with Gasteiger partial charge in [0, 0.05) is 18.8 Å². The molecule has 0 aliphatic carbocycles. The average Bonchev–Trinajstić information content (AvgIpc) is 2.60. The molecule has 26 heavy (non-hydrogen) atoms. The minimum absolute atomic E-state index is 0.116. The first-order chi connectivity index (χ1) is 12.4. The van der Waals surface area contributed by atoms with Crippen LogP contribution in [0, 0.1) is 6.92 Å². The lowest BCUT2D eigenvalue weighted by molar-refractivity contribution is 0.0926. The molecule has 8 heteroatoms. The number of aromatic nitrogens is 2. The summed E-state index contributed by atoms with van der Waals surface area (Å²) in [5.74, 6) is 1.07. The Balaban J connectivity index is 1.69. The number of hydrogen-bond acceptors (Lipinski definition) is 6. The Labute approximate surface area is 150 Å². The number of nitrogens with zero attached hydrogens (tertiary/aromatic N) is 2. The van der Waals surface area contributed by atoms with Gasteiger partial charge in [0.15, 0.2) is 11.5 Å². The summed E-state index contributed by atoms with van der Waals surface area (Å²) in [5, 5.41) is 0. The molecule has 1 atom stereocenters. The van der Waals surface area contributed by atoms with Crippen molar-refractivity contribution in [2.75, 3.05) is 6.61 Å². The Kier molecular flexibility index (Phi) is 4.01. The molecule has 0 spiro atoms. The van der Waals surface area contributed by atoms with Crippen LogP contribution in [0.2, 0.25) is 0 Å². The molecule has 0 fully saturated rings. The van der Waals surface area contributed by atoms with Gasteiger partial charge >= 0.3 is 0 Å². The summed E-state index contributed by atoms with van der Waals surface area (Å²) in [6, 6.07) is 8.35. The molecule has 3 aromatic rings. The minimum Gasteiger partial charge on any atom is -0.486 e. The van der Waals surface area contributed by atoms with Gasteiger partial charge in [0.1, 0.15) is 18.2 Å². The van der Waals surface area contributed by atoms with Crippen molar-refractivity contribution in [3.63, 3.8) is 0 Å². The molecule has 1 N–H and O–H groups in total. The van der Waals surface area contributed by atoms with Gasteiger partial charge in [0.2, 0.25) is 0 Å². The molecule has 1 aliphatic heterocycles. The van der Waals surface area contributed by atoms with E-state index in [1.165, 1.54) is 6.07 Å². The Morgan fingerprint density at radius 3 is 2.81 bits per heavy atom. The van der Waals surface area contributed by atoms with Crippen molar-refractivity contribution in [3.8, 4) is 11.5 Å². The van der Waals surface area contributed by atoms with Gasteiger partial charge < -0.3 is 9.47 Å². The molecule has 0 saturated heterocycles. The van der Waals surface area contributed by atoms with Crippen LogP contribution in [-0.2, 0) is 16.5 Å². The predicted octanol–water partition coefficient (Wildman–Crippen LogP) is 2.57. The summed E-state index contributed by atoms with van der Waals surface area (Å²) < 4.78 is 44.6. The third kappa shape index (κ3) is 3.09. The number of ether oxygens (including phenoxy) is 2. The van der Waals surface area contributed by atoms with Crippen molar-refractivity contribution < 1.29 is 22.4 Å². The van der Waals surface area contributed by atoms with Crippen LogP contribution in [0.5, 0.6) is 11.5 Å². The summed E-state index contributed by atoms with van der Waals surface area (Å²) in [7, 11) is -4.31. The highest BCUT2D eigenvalue weighted by atomic mass is 32.2. The van der Waals surface area contributed by atoms with Crippen molar-refractivity contribution >= 4 is 21.2 Å². The van der Waals surface area contributed by atoms with Gasteiger partial charge in [-0.3, -0.25) is 9.54 Å². The normalized spacial score (nSPS) is 16.6. The maximum absolute atomic E-state index is 11.6. The van der Waals surface area contributed by atoms with E-state index in [4.69, 9.17) is 9.47 Å². The van der Waals surface area contributed by atoms with E-state index < -0.39 is 16.2 Å². The SMILES string of the molecule is Cc1ccc(S(=O)(=O)O)c(CC2COc3ccc4nccnc4c3O2)c1. The Morgan fingerprint density at radius 1 is 1.19 bits per heavy atom. The number of benzene rings is 2. The zero-order chi connectivity index (χ0) is 18.3. The van der Waals surface area contributed by atoms with Gasteiger partial charge in [-0.2, -0.15) is 8.42 Å². The van der Waals surface area contributed by atoms with Crippen LogP contribution in [-0.4, -0.2) is 35.6 Å². The van der Waals surface area contributed by atoms with Crippen LogP contribution in [0.1, 0.15) is 11.1 Å². The fourth-order valence-corrected chi connectivity index (χ4v) is 3.78. The van der Waals surface area contributed by atoms with Crippen molar-refractivity contribution in [2.45, 2.75) is 24.3 Å². The molecule has 4 rings (SSSR count). The van der Waals surface area contributed by atoms with Crippen LogP contribution in [0.3, 0.4) is 0 Å². The molecule has 7 nitrogen and oxygen atoms in total. The standard InChI is InChI=1S/C18H16N2O5S/c1-11-2-5-16(26(21,22)23)12(8-11)9-13-10-24-15-4-3-14-17(18(15)25-13)20-7-6-19-14/h2-8,13H,9-10H2,1H3,(H,21,22,23). The second-order valence-electron chi connectivity index (χ2n) is 6.16. The maximum Gasteiger partial charge on any atom is 0.294 e. The first-order valence-electron chi connectivity index (χ1n) is 8.02. The Morgan fingerprint density at radius 2 is 2.00 bits per heavy atom. The zero-order valence-corrected chi connectivity index (χ0v) is 14.7. The summed E-state index contributed by atoms with van der Waals surface area (Å²) in [6.07, 6.45) is 3.03. The number of aryl methyl sites for hydroxylation is 1. The van der Waals surface area contributed by atoms with Gasteiger partial charge in [-0.1, -0.05) is 17.7 Å². The van der Waals surface area contributed by atoms with E-state index in [-0.39, 0.29) is 17.9 Å². The highest BCUT2D eigenvalue weighted by Gasteiger charge is 2.26. The molecule has 1 aromatic heterocycles. The minimum atomic E-state index is -4.31. The molecule has 2 heterocycles. The van der Waals surface area contributed by atoms with Crippen LogP contribution in [0.15, 0.2) is 47.6 Å². The first kappa shape index (κ1) is 16.7. The van der Waals surface area contributed by atoms with Crippen LogP contribution >= 0.6 is 0 Å². The Hall–Kier alpha value is -2.71. The van der Waals surface area contributed by atoms with Gasteiger partial charge in [0.05, 0.1) is 10.4 Å². The van der Waals surface area contributed by atoms with E-state index in [1.54, 1.807) is 30.6 Å². The quantitative estimate of drug-likeness (QED) is 0.706. The molecule has 0 amide bonds. The van der Waals surface area contributed by atoms with E-state index in [0.717, 1.165) is 5.56 Å². The molecule has 0 bridgehead atoms. The fraction of sp³-hybridized carbons (Fsp3) is 0.222. The Bertz CT molecular complexity index is 1100. The summed E-state index contributed by atoms with van der Waals surface area (Å²) in [5.41, 5.74) is 2.65. The number of fused-ring (bicyclic) bond motifs is 3. The van der Waals surface area contributed by atoms with E-state index in [0.29, 0.717) is 28.1 Å². The van der Waals surface area contributed by atoms with Crippen molar-refractivity contribution in [2.24, 2.45) is 0 Å². The largest absolute Gasteiger partial charge is 0.486 e. The maximum atomic E-state index is 11.6. The van der Waals surface area contributed by atoms with E-state index >= 15 is 0 Å². The third-order valence-corrected chi connectivity index (χ3v) is 5.16. The van der Waals surface area contributed by atoms with Crippen LogP contribution in [0.25, 0.3) is 11.0 Å². The van der Waals surface area contributed by atoms with Crippen molar-refractivity contribution in [3.05, 3.63) is 53.9 Å². The lowest BCUT2D eigenvalue weighted by Crippen LogP contribution is -2.31. The van der Waals surface area contributed by atoms with Gasteiger partial charge in [-0.25, -0.2) is 4.98 Å². The van der Waals surface area contributed by atoms with Gasteiger partial charge in [0.25, 0.3) is 10.1 Å². The van der Waals surface area contributed by atoms with E-state index in [1.807, 2.05) is 13.0 Å². The first-order valence-corrected chi connectivity index (χ1v) is 9.46. The second kappa shape index (κ2) is 6.22. The summed E-state index contributed by atoms with van der Waals surface area (Å²) >= 11 is 0. The summed E-state index contributed by atoms with van der Waals surface area (Å²) in [6.45, 7) is 2.12. The van der Waals surface area contributed by atoms with Gasteiger partial charge in [-0.05, 0) is 30.7 Å². The number of hydrogen-bond donors (Lipinski definition) is 1. The molecule has 1 unspecified atom stereocenters. The summed E-state index contributed by atoms with van der Waals surface area (Å²) in [4.78, 5) is 8.43. The number of rotatable bonds is 3. The highest BCUT2D eigenvalue weighted by molar-refractivity contribution is 7.85. The lowest BCUT2D eigenvalue weighted by Gasteiger charge is -2.27.